The SMILES string of the molecule is COCCN1C[C@@H](NC(=O)Nc2c(C)c(-c3ccccc3)nn2-c2ccccc2)[C@H](c2ccc(F)cc2)C1. The van der Waals surface area contributed by atoms with Crippen molar-refractivity contribution < 1.29 is 13.9 Å². The van der Waals surface area contributed by atoms with Gasteiger partial charge < -0.3 is 10.1 Å². The minimum absolute atomic E-state index is 0.0261. The van der Waals surface area contributed by atoms with E-state index in [-0.39, 0.29) is 23.8 Å². The first kappa shape index (κ1) is 25.6. The maximum absolute atomic E-state index is 13.6. The third-order valence-corrected chi connectivity index (χ3v) is 7.02. The Balaban J connectivity index is 1.41. The fourth-order valence-corrected chi connectivity index (χ4v) is 5.06. The molecule has 0 bridgehead atoms. The molecule has 5 rings (SSSR count). The molecule has 0 radical (unpaired) electrons. The number of carbonyl (C=O) groups excluding carboxylic acids is 1. The molecule has 1 aliphatic heterocycles. The Hall–Kier alpha value is -4.01. The summed E-state index contributed by atoms with van der Waals surface area (Å²) >= 11 is 0. The van der Waals surface area contributed by atoms with E-state index in [0.717, 1.165) is 41.2 Å². The summed E-state index contributed by atoms with van der Waals surface area (Å²) in [7, 11) is 1.68. The van der Waals surface area contributed by atoms with Gasteiger partial charge >= 0.3 is 6.03 Å². The molecule has 1 saturated heterocycles. The Morgan fingerprint density at radius 2 is 1.68 bits per heavy atom. The highest BCUT2D eigenvalue weighted by Crippen LogP contribution is 2.31. The number of likely N-dealkylation sites (tertiary alicyclic amines) is 1. The first-order valence-corrected chi connectivity index (χ1v) is 12.8. The van der Waals surface area contributed by atoms with E-state index in [4.69, 9.17) is 9.84 Å². The molecule has 3 aromatic carbocycles. The van der Waals surface area contributed by atoms with Crippen molar-refractivity contribution in [2.75, 3.05) is 38.7 Å². The molecule has 38 heavy (non-hydrogen) atoms. The van der Waals surface area contributed by atoms with Crippen LogP contribution in [0, 0.1) is 12.7 Å². The van der Waals surface area contributed by atoms with Crippen LogP contribution < -0.4 is 10.6 Å². The average Bonchev–Trinajstić information content (AvgIpc) is 3.49. The molecule has 0 unspecified atom stereocenters. The van der Waals surface area contributed by atoms with Gasteiger partial charge in [-0.05, 0) is 36.8 Å². The van der Waals surface area contributed by atoms with Gasteiger partial charge in [-0.1, -0.05) is 60.7 Å². The Bertz CT molecular complexity index is 1360. The lowest BCUT2D eigenvalue weighted by molar-refractivity contribution is 0.159. The van der Waals surface area contributed by atoms with E-state index in [0.29, 0.717) is 19.0 Å². The molecule has 7 nitrogen and oxygen atoms in total. The molecule has 1 fully saturated rings. The van der Waals surface area contributed by atoms with Gasteiger partial charge in [0.25, 0.3) is 0 Å². The predicted molar refractivity (Wildman–Crippen MR) is 147 cm³/mol. The Labute approximate surface area is 222 Å². The topological polar surface area (TPSA) is 71.4 Å². The maximum Gasteiger partial charge on any atom is 0.320 e. The van der Waals surface area contributed by atoms with Crippen molar-refractivity contribution in [2.45, 2.75) is 18.9 Å². The van der Waals surface area contributed by atoms with Crippen molar-refractivity contribution in [1.82, 2.24) is 20.0 Å². The number of methoxy groups -OCH3 is 1. The number of carbonyl (C=O) groups is 1. The second-order valence-electron chi connectivity index (χ2n) is 9.55. The van der Waals surface area contributed by atoms with E-state index >= 15 is 0 Å². The van der Waals surface area contributed by atoms with Crippen molar-refractivity contribution in [1.29, 1.82) is 0 Å². The number of halogens is 1. The molecule has 4 aromatic rings. The number of amides is 2. The number of hydrogen-bond donors (Lipinski definition) is 2. The van der Waals surface area contributed by atoms with Gasteiger partial charge in [-0.25, -0.2) is 13.9 Å². The predicted octanol–water partition coefficient (Wildman–Crippen LogP) is 5.22. The molecule has 2 atom stereocenters. The number of hydrogen-bond acceptors (Lipinski definition) is 4. The molecular weight excluding hydrogens is 481 g/mol. The number of rotatable bonds is 8. The standard InChI is InChI=1S/C30H32FN5O2/c1-21-28(23-9-5-3-6-10-23)34-36(25-11-7-4-8-12-25)29(21)33-30(37)32-27-20-35(17-18-38-2)19-26(27)22-13-15-24(31)16-14-22/h3-16,26-27H,17-20H2,1-2H3,(H2,32,33,37)/t26-,27+/m0/s1. The molecule has 0 saturated carbocycles. The van der Waals surface area contributed by atoms with Crippen LogP contribution in [0.1, 0.15) is 17.0 Å². The zero-order valence-corrected chi connectivity index (χ0v) is 21.6. The van der Waals surface area contributed by atoms with E-state index in [2.05, 4.69) is 15.5 Å². The first-order valence-electron chi connectivity index (χ1n) is 12.8. The maximum atomic E-state index is 13.6. The molecule has 2 amide bonds. The van der Waals surface area contributed by atoms with Crippen LogP contribution in [0.3, 0.4) is 0 Å². The number of benzene rings is 3. The fraction of sp³-hybridized carbons (Fsp3) is 0.267. The van der Waals surface area contributed by atoms with Gasteiger partial charge in [-0.2, -0.15) is 5.10 Å². The minimum atomic E-state index is -0.310. The molecule has 0 aliphatic carbocycles. The molecule has 196 valence electrons. The van der Waals surface area contributed by atoms with Crippen LogP contribution in [0.25, 0.3) is 16.9 Å². The summed E-state index contributed by atoms with van der Waals surface area (Å²) in [5, 5.41) is 11.1. The highest BCUT2D eigenvalue weighted by atomic mass is 19.1. The van der Waals surface area contributed by atoms with Gasteiger partial charge in [0.05, 0.1) is 24.0 Å². The smallest absolute Gasteiger partial charge is 0.320 e. The van der Waals surface area contributed by atoms with Gasteiger partial charge in [0.15, 0.2) is 0 Å². The van der Waals surface area contributed by atoms with Gasteiger partial charge in [0.1, 0.15) is 11.6 Å². The number of aromatic nitrogens is 2. The van der Waals surface area contributed by atoms with Crippen LogP contribution >= 0.6 is 0 Å². The lowest BCUT2D eigenvalue weighted by Crippen LogP contribution is -2.42. The van der Waals surface area contributed by atoms with E-state index in [1.165, 1.54) is 12.1 Å². The van der Waals surface area contributed by atoms with Crippen LogP contribution in [-0.2, 0) is 4.74 Å². The van der Waals surface area contributed by atoms with Crippen LogP contribution in [0.4, 0.5) is 15.0 Å². The lowest BCUT2D eigenvalue weighted by Gasteiger charge is -2.21. The van der Waals surface area contributed by atoms with Gasteiger partial charge in [0, 0.05) is 43.8 Å². The molecule has 2 heterocycles. The van der Waals surface area contributed by atoms with Crippen molar-refractivity contribution >= 4 is 11.8 Å². The van der Waals surface area contributed by atoms with Gasteiger partial charge in [-0.3, -0.25) is 10.2 Å². The van der Waals surface area contributed by atoms with Crippen LogP contribution in [0.2, 0.25) is 0 Å². The van der Waals surface area contributed by atoms with E-state index in [1.54, 1.807) is 23.9 Å². The number of anilines is 1. The summed E-state index contributed by atoms with van der Waals surface area (Å²) < 4.78 is 20.6. The Morgan fingerprint density at radius 1 is 1.00 bits per heavy atom. The van der Waals surface area contributed by atoms with Crippen molar-refractivity contribution in [3.8, 4) is 16.9 Å². The number of para-hydroxylation sites is 1. The largest absolute Gasteiger partial charge is 0.383 e. The minimum Gasteiger partial charge on any atom is -0.383 e. The average molecular weight is 514 g/mol. The van der Waals surface area contributed by atoms with E-state index in [1.807, 2.05) is 67.6 Å². The molecular formula is C30H32FN5O2. The lowest BCUT2D eigenvalue weighted by atomic mass is 9.94. The highest BCUT2D eigenvalue weighted by molar-refractivity contribution is 5.91. The Morgan fingerprint density at radius 3 is 2.37 bits per heavy atom. The fourth-order valence-electron chi connectivity index (χ4n) is 5.06. The van der Waals surface area contributed by atoms with Gasteiger partial charge in [0.2, 0.25) is 0 Å². The van der Waals surface area contributed by atoms with E-state index in [9.17, 15) is 9.18 Å². The first-order chi connectivity index (χ1) is 18.5. The van der Waals surface area contributed by atoms with E-state index < -0.39 is 0 Å². The highest BCUT2D eigenvalue weighted by Gasteiger charge is 2.35. The molecule has 1 aromatic heterocycles. The number of urea groups is 1. The summed E-state index contributed by atoms with van der Waals surface area (Å²) in [5.41, 5.74) is 4.50. The quantitative estimate of drug-likeness (QED) is 0.339. The summed E-state index contributed by atoms with van der Waals surface area (Å²) in [6.45, 7) is 4.75. The molecule has 1 aliphatic rings. The van der Waals surface area contributed by atoms with Crippen molar-refractivity contribution in [3.63, 3.8) is 0 Å². The summed E-state index contributed by atoms with van der Waals surface area (Å²) in [6, 6.07) is 25.8. The third kappa shape index (κ3) is 5.61. The van der Waals surface area contributed by atoms with Crippen LogP contribution in [0.15, 0.2) is 84.9 Å². The molecule has 0 spiro atoms. The van der Waals surface area contributed by atoms with Crippen LogP contribution in [0.5, 0.6) is 0 Å². The van der Waals surface area contributed by atoms with Crippen molar-refractivity contribution in [2.24, 2.45) is 0 Å². The normalized spacial score (nSPS) is 17.4. The summed E-state index contributed by atoms with van der Waals surface area (Å²) in [6.07, 6.45) is 0. The molecule has 8 heteroatoms. The Kier molecular flexibility index (Phi) is 7.81. The second kappa shape index (κ2) is 11.6. The number of nitrogens with zero attached hydrogens (tertiary/aromatic N) is 3. The molecule has 2 N–H and O–H groups in total. The van der Waals surface area contributed by atoms with Gasteiger partial charge in [-0.15, -0.1) is 0 Å². The number of nitrogens with one attached hydrogen (secondary N) is 2. The zero-order chi connectivity index (χ0) is 26.5. The summed E-state index contributed by atoms with van der Waals surface area (Å²) in [5.74, 6) is 0.363. The number of ether oxygens (including phenoxy) is 1. The van der Waals surface area contributed by atoms with Crippen LogP contribution in [-0.4, -0.2) is 60.1 Å². The zero-order valence-electron chi connectivity index (χ0n) is 21.6. The van der Waals surface area contributed by atoms with Crippen molar-refractivity contribution in [3.05, 3.63) is 102 Å². The third-order valence-electron chi connectivity index (χ3n) is 7.02. The second-order valence-corrected chi connectivity index (χ2v) is 9.55. The monoisotopic (exact) mass is 513 g/mol. The summed E-state index contributed by atoms with van der Waals surface area (Å²) in [4.78, 5) is 15.7.